The maximum absolute atomic E-state index is 12.9. The average Bonchev–Trinajstić information content (AvgIpc) is 3.10. The molecule has 0 saturated carbocycles. The summed E-state index contributed by atoms with van der Waals surface area (Å²) in [6.45, 7) is 1.59. The van der Waals surface area contributed by atoms with Crippen LogP contribution in [0, 0.1) is 5.41 Å². The van der Waals surface area contributed by atoms with Crippen LogP contribution < -0.4 is 10.6 Å². The van der Waals surface area contributed by atoms with Gasteiger partial charge in [0.25, 0.3) is 11.8 Å². The highest BCUT2D eigenvalue weighted by molar-refractivity contribution is 6.01. The summed E-state index contributed by atoms with van der Waals surface area (Å²) in [5.41, 5.74) is -1.06. The number of amides is 4. The maximum atomic E-state index is 12.9. The van der Waals surface area contributed by atoms with Gasteiger partial charge in [-0.1, -0.05) is 0 Å². The number of carbonyl (C=O) groups is 5. The molecule has 1 atom stereocenters. The van der Waals surface area contributed by atoms with Crippen molar-refractivity contribution in [2.45, 2.75) is 45.6 Å². The fourth-order valence-electron chi connectivity index (χ4n) is 3.33. The molecule has 0 bridgehead atoms. The molecule has 0 spiro atoms. The Balaban J connectivity index is 1.76. The zero-order chi connectivity index (χ0) is 26.3. The van der Waals surface area contributed by atoms with E-state index in [9.17, 15) is 24.0 Å². The first-order valence-electron chi connectivity index (χ1n) is 12.5. The minimum Gasteiger partial charge on any atom is -0.355 e. The topological polar surface area (TPSA) is 128 Å². The molecule has 2 saturated heterocycles. The van der Waals surface area contributed by atoms with E-state index in [1.165, 1.54) is 0 Å². The molecular weight excluding hydrogens is 410 g/mol. The summed E-state index contributed by atoms with van der Waals surface area (Å²) in [6.07, 6.45) is -0.333. The Bertz CT molecular complexity index is 812. The van der Waals surface area contributed by atoms with E-state index >= 15 is 0 Å². The second kappa shape index (κ2) is 10.7. The van der Waals surface area contributed by atoms with Crippen molar-refractivity contribution in [3.63, 3.8) is 0 Å². The van der Waals surface area contributed by atoms with E-state index in [0.29, 0.717) is 11.6 Å². The Morgan fingerprint density at radius 3 is 2.39 bits per heavy atom. The number of piperazine rings is 1. The van der Waals surface area contributed by atoms with Crippen LogP contribution in [0.15, 0.2) is 0 Å². The minimum atomic E-state index is -1.30. The summed E-state index contributed by atoms with van der Waals surface area (Å²) in [4.78, 5) is 67.3. The molecule has 2 rings (SSSR count). The molecule has 0 aliphatic carbocycles. The number of likely N-dealkylation sites (N-methyl/N-ethyl adjacent to an activating group) is 2. The summed E-state index contributed by atoms with van der Waals surface area (Å²) in [7, 11) is 0. The van der Waals surface area contributed by atoms with Gasteiger partial charge in [0, 0.05) is 63.5 Å². The number of hydrogen-bond acceptors (Lipinski definition) is 8. The lowest BCUT2D eigenvalue weighted by molar-refractivity contribution is -0.197. The molecule has 0 aromatic carbocycles. The molecule has 2 fully saturated rings. The van der Waals surface area contributed by atoms with Crippen molar-refractivity contribution < 1.29 is 34.3 Å². The van der Waals surface area contributed by atoms with Crippen LogP contribution in [0.25, 0.3) is 0 Å². The first-order chi connectivity index (χ1) is 16.3. The molecule has 11 nitrogen and oxygen atoms in total. The number of rotatable bonds is 9. The van der Waals surface area contributed by atoms with Gasteiger partial charge in [0.15, 0.2) is 0 Å². The molecular formula is C20H33N5O6. The predicted molar refractivity (Wildman–Crippen MR) is 110 cm³/mol. The van der Waals surface area contributed by atoms with Crippen LogP contribution in [-0.2, 0) is 28.8 Å². The Kier molecular flexibility index (Phi) is 6.60. The second-order valence-electron chi connectivity index (χ2n) is 8.12. The molecule has 0 radical (unpaired) electrons. The van der Waals surface area contributed by atoms with Gasteiger partial charge in [-0.25, -0.2) is 4.79 Å². The summed E-state index contributed by atoms with van der Waals surface area (Å²) >= 11 is 0. The number of hydroxylamine groups is 2. The van der Waals surface area contributed by atoms with Crippen LogP contribution in [0.1, 0.15) is 45.0 Å². The quantitative estimate of drug-likeness (QED) is 0.258. The summed E-state index contributed by atoms with van der Waals surface area (Å²) in [5, 5.41) is 5.61. The molecule has 2 aliphatic heterocycles. The lowest BCUT2D eigenvalue weighted by Crippen LogP contribution is -2.60. The Morgan fingerprint density at radius 1 is 1.06 bits per heavy atom. The monoisotopic (exact) mass is 447 g/mol. The minimum absolute atomic E-state index is 0.00974. The van der Waals surface area contributed by atoms with Crippen molar-refractivity contribution >= 4 is 29.6 Å². The van der Waals surface area contributed by atoms with Crippen LogP contribution in [-0.4, -0.2) is 97.2 Å². The third-order valence-corrected chi connectivity index (χ3v) is 5.36. The van der Waals surface area contributed by atoms with Gasteiger partial charge in [0.05, 0.1) is 11.8 Å². The lowest BCUT2D eigenvalue weighted by atomic mass is 9.81. The highest BCUT2D eigenvalue weighted by Gasteiger charge is 2.41. The van der Waals surface area contributed by atoms with E-state index in [1.54, 1.807) is 23.6 Å². The van der Waals surface area contributed by atoms with Crippen molar-refractivity contribution in [1.29, 1.82) is 0 Å². The van der Waals surface area contributed by atoms with Crippen LogP contribution in [0.5, 0.6) is 0 Å². The second-order valence-corrected chi connectivity index (χ2v) is 8.12. The zero-order valence-corrected chi connectivity index (χ0v) is 17.9. The van der Waals surface area contributed by atoms with Gasteiger partial charge in [-0.05, 0) is 27.8 Å². The SMILES string of the molecule is [2H]C([2H])N1CCN([13CH]([2H])[2H])C(C(C)(C)C(=O)NCCC(=O)[15NH]C[13CH2][13C](=O)ON2C(=O)CCC2=O)C1. The van der Waals surface area contributed by atoms with Gasteiger partial charge in [-0.3, -0.25) is 24.1 Å². The van der Waals surface area contributed by atoms with Crippen LogP contribution in [0.4, 0.5) is 0 Å². The molecule has 0 aromatic heterocycles. The van der Waals surface area contributed by atoms with Gasteiger partial charge in [-0.15, -0.1) is 5.06 Å². The molecule has 174 valence electrons. The highest BCUT2D eigenvalue weighted by atomic mass is 16.8. The summed E-state index contributed by atoms with van der Waals surface area (Å²) < 4.78 is 30.9. The Morgan fingerprint density at radius 2 is 1.74 bits per heavy atom. The first-order valence-corrected chi connectivity index (χ1v) is 10.1. The van der Waals surface area contributed by atoms with E-state index in [2.05, 4.69) is 10.6 Å². The molecule has 11 heteroatoms. The number of nitrogens with zero attached hydrogens (tertiary/aromatic N) is 3. The summed E-state index contributed by atoms with van der Waals surface area (Å²) in [5.74, 6) is -2.83. The third kappa shape index (κ3) is 6.73. The van der Waals surface area contributed by atoms with Gasteiger partial charge < -0.3 is 20.4 Å². The lowest BCUT2D eigenvalue weighted by Gasteiger charge is -2.45. The number of imide groups is 1. The standard InChI is InChI=1S/C20H33N5O6/c1-20(2,14-13-23(3)11-12-24(14)4)19(30)22-9-7-15(26)21-10-8-18(29)31-25-16(27)5-6-17(25)28/h14H,5-13H2,1-4H3,(H,21,26)(H,22,30)/i3D2,4+1D2,8+1,18+1,21+1. The zero-order valence-electron chi connectivity index (χ0n) is 21.9. The maximum Gasteiger partial charge on any atom is 0.334 e. The van der Waals surface area contributed by atoms with Gasteiger partial charge >= 0.3 is 5.97 Å². The highest BCUT2D eigenvalue weighted by Crippen LogP contribution is 2.27. The van der Waals surface area contributed by atoms with E-state index < -0.39 is 55.1 Å². The van der Waals surface area contributed by atoms with Crippen LogP contribution in [0.3, 0.4) is 0 Å². The third-order valence-electron chi connectivity index (χ3n) is 5.36. The first kappa shape index (κ1) is 19.2. The van der Waals surface area contributed by atoms with E-state index in [-0.39, 0.29) is 51.9 Å². The average molecular weight is 448 g/mol. The van der Waals surface area contributed by atoms with E-state index in [1.807, 2.05) is 0 Å². The van der Waals surface area contributed by atoms with E-state index in [4.69, 9.17) is 10.3 Å². The molecule has 2 N–H and O–H groups in total. The smallest absolute Gasteiger partial charge is 0.334 e. The molecule has 2 aliphatic rings. The fourth-order valence-corrected chi connectivity index (χ4v) is 3.33. The Labute approximate surface area is 188 Å². The van der Waals surface area contributed by atoms with Crippen molar-refractivity contribution in [3.8, 4) is 0 Å². The Hall–Kier alpha value is -2.53. The van der Waals surface area contributed by atoms with Gasteiger partial charge in [-0.2, -0.15) is 0 Å². The molecule has 1 unspecified atom stereocenters. The van der Waals surface area contributed by atoms with Crippen molar-refractivity contribution in [2.75, 3.05) is 46.7 Å². The van der Waals surface area contributed by atoms with E-state index in [0.717, 1.165) is 0 Å². The largest absolute Gasteiger partial charge is 0.355 e. The number of carbonyl (C=O) groups excluding carboxylic acids is 5. The molecule has 4 amide bonds. The van der Waals surface area contributed by atoms with Gasteiger partial charge in [0.1, 0.15) is 0 Å². The fraction of sp³-hybridized carbons (Fsp3) is 0.750. The van der Waals surface area contributed by atoms with Crippen LogP contribution in [0.2, 0.25) is 0 Å². The van der Waals surface area contributed by atoms with Crippen molar-refractivity contribution in [2.24, 2.45) is 5.41 Å². The number of nitrogens with one attached hydrogen (secondary N) is 2. The molecule has 31 heavy (non-hydrogen) atoms. The normalized spacial score (nSPS) is 22.7. The molecule has 0 aromatic rings. The van der Waals surface area contributed by atoms with Crippen LogP contribution >= 0.6 is 0 Å². The van der Waals surface area contributed by atoms with Crippen molar-refractivity contribution in [1.82, 2.24) is 25.5 Å². The summed E-state index contributed by atoms with van der Waals surface area (Å²) in [6, 6.07) is -0.566. The molecule has 2 heterocycles. The predicted octanol–water partition coefficient (Wildman–Crippen LogP) is -1.12. The van der Waals surface area contributed by atoms with Gasteiger partial charge in [0.2, 0.25) is 11.8 Å². The number of hydrogen-bond donors (Lipinski definition) is 2. The van der Waals surface area contributed by atoms with Crippen molar-refractivity contribution in [3.05, 3.63) is 0 Å².